The Morgan fingerprint density at radius 1 is 1.20 bits per heavy atom. The van der Waals surface area contributed by atoms with Gasteiger partial charge in [-0.2, -0.15) is 9.97 Å². The summed E-state index contributed by atoms with van der Waals surface area (Å²) in [4.78, 5) is 11.6. The number of halogens is 2. The lowest BCUT2D eigenvalue weighted by Crippen LogP contribution is -2.03. The van der Waals surface area contributed by atoms with Gasteiger partial charge in [0, 0.05) is 0 Å². The van der Waals surface area contributed by atoms with Crippen LogP contribution in [-0.4, -0.2) is 21.6 Å². The Morgan fingerprint density at radius 2 is 1.95 bits per heavy atom. The van der Waals surface area contributed by atoms with Crippen LogP contribution < -0.4 is 9.47 Å². The first-order chi connectivity index (χ1) is 9.58. The Morgan fingerprint density at radius 3 is 2.65 bits per heavy atom. The normalized spacial score (nSPS) is 10.4. The maximum absolute atomic E-state index is 13.2. The van der Waals surface area contributed by atoms with E-state index in [1.165, 1.54) is 12.1 Å². The van der Waals surface area contributed by atoms with E-state index in [4.69, 9.17) is 21.1 Å². The molecule has 0 spiro atoms. The molecule has 0 unspecified atom stereocenters. The molecule has 2 aromatic rings. The van der Waals surface area contributed by atoms with Gasteiger partial charge in [-0.1, -0.05) is 6.92 Å². The first kappa shape index (κ1) is 14.5. The molecular formula is C13H13ClFN3O2. The minimum atomic E-state index is -0.307. The summed E-state index contributed by atoms with van der Waals surface area (Å²) in [6, 6.07) is 4.43. The average molecular weight is 298 g/mol. The Balaban J connectivity index is 2.19. The minimum Gasteiger partial charge on any atom is -0.463 e. The summed E-state index contributed by atoms with van der Waals surface area (Å²) in [6.07, 6.45) is 0.816. The Hall–Kier alpha value is -1.95. The number of hydrogen-bond donors (Lipinski definition) is 0. The fraction of sp³-hybridized carbons (Fsp3) is 0.308. The van der Waals surface area contributed by atoms with Crippen molar-refractivity contribution >= 4 is 11.6 Å². The van der Waals surface area contributed by atoms with Crippen LogP contribution in [0.3, 0.4) is 0 Å². The molecule has 0 N–H and O–H groups in total. The van der Waals surface area contributed by atoms with Crippen LogP contribution in [0.1, 0.15) is 18.9 Å². The van der Waals surface area contributed by atoms with E-state index in [9.17, 15) is 4.39 Å². The summed E-state index contributed by atoms with van der Waals surface area (Å²) in [5, 5.41) is -0.0278. The van der Waals surface area contributed by atoms with Crippen molar-refractivity contribution in [2.75, 3.05) is 6.61 Å². The van der Waals surface area contributed by atoms with Gasteiger partial charge >= 0.3 is 12.0 Å². The van der Waals surface area contributed by atoms with Crippen LogP contribution in [0.2, 0.25) is 5.28 Å². The molecule has 1 aromatic carbocycles. The molecule has 0 atom stereocenters. The molecule has 0 aliphatic rings. The lowest BCUT2D eigenvalue weighted by molar-refractivity contribution is 0.284. The smallest absolute Gasteiger partial charge is 0.329 e. The van der Waals surface area contributed by atoms with Crippen molar-refractivity contribution in [2.45, 2.75) is 20.3 Å². The van der Waals surface area contributed by atoms with E-state index in [-0.39, 0.29) is 23.1 Å². The molecule has 7 heteroatoms. The van der Waals surface area contributed by atoms with E-state index in [0.29, 0.717) is 17.9 Å². The van der Waals surface area contributed by atoms with Crippen LogP contribution >= 0.6 is 11.6 Å². The number of nitrogens with zero attached hydrogens (tertiary/aromatic N) is 3. The molecule has 1 heterocycles. The van der Waals surface area contributed by atoms with E-state index >= 15 is 0 Å². The summed E-state index contributed by atoms with van der Waals surface area (Å²) in [7, 11) is 0. The zero-order valence-corrected chi connectivity index (χ0v) is 11.8. The van der Waals surface area contributed by atoms with Crippen LogP contribution in [0.4, 0.5) is 4.39 Å². The van der Waals surface area contributed by atoms with Gasteiger partial charge in [0.05, 0.1) is 6.61 Å². The molecule has 0 bridgehead atoms. The van der Waals surface area contributed by atoms with Crippen molar-refractivity contribution in [1.82, 2.24) is 15.0 Å². The Bertz CT molecular complexity index is 610. The van der Waals surface area contributed by atoms with Crippen molar-refractivity contribution in [1.29, 1.82) is 0 Å². The van der Waals surface area contributed by atoms with Crippen LogP contribution in [-0.2, 0) is 0 Å². The van der Waals surface area contributed by atoms with E-state index in [1.54, 1.807) is 13.0 Å². The third kappa shape index (κ3) is 3.77. The zero-order valence-electron chi connectivity index (χ0n) is 11.1. The second-order valence-corrected chi connectivity index (χ2v) is 4.37. The summed E-state index contributed by atoms with van der Waals surface area (Å²) >= 11 is 5.77. The zero-order chi connectivity index (χ0) is 14.5. The first-order valence-electron chi connectivity index (χ1n) is 6.07. The summed E-state index contributed by atoms with van der Waals surface area (Å²) in [5.41, 5.74) is 0.463. The largest absolute Gasteiger partial charge is 0.463 e. The number of hydrogen-bond acceptors (Lipinski definition) is 5. The SMILES string of the molecule is CCCOc1nc(Cl)nc(Oc2ccc(F)c(C)c2)n1. The highest BCUT2D eigenvalue weighted by molar-refractivity contribution is 6.28. The predicted octanol–water partition coefficient (Wildman–Crippen LogP) is 3.55. The molecule has 0 radical (unpaired) electrons. The molecule has 0 aliphatic carbocycles. The van der Waals surface area contributed by atoms with Crippen LogP contribution in [0.5, 0.6) is 17.8 Å². The second-order valence-electron chi connectivity index (χ2n) is 4.03. The Kier molecular flexibility index (Phi) is 4.68. The quantitative estimate of drug-likeness (QED) is 0.844. The number of benzene rings is 1. The van der Waals surface area contributed by atoms with E-state index in [0.717, 1.165) is 6.42 Å². The standard InChI is InChI=1S/C13H13ClFN3O2/c1-3-6-19-12-16-11(14)17-13(18-12)20-9-4-5-10(15)8(2)7-9/h4-5,7H,3,6H2,1-2H3. The molecule has 20 heavy (non-hydrogen) atoms. The fourth-order valence-corrected chi connectivity index (χ4v) is 1.55. The highest BCUT2D eigenvalue weighted by Gasteiger charge is 2.09. The van der Waals surface area contributed by atoms with E-state index < -0.39 is 0 Å². The summed E-state index contributed by atoms with van der Waals surface area (Å²) in [5.74, 6) is 0.102. The maximum atomic E-state index is 13.2. The topological polar surface area (TPSA) is 57.1 Å². The fourth-order valence-electron chi connectivity index (χ4n) is 1.40. The minimum absolute atomic E-state index is 0.00195. The van der Waals surface area contributed by atoms with Crippen molar-refractivity contribution < 1.29 is 13.9 Å². The van der Waals surface area contributed by atoms with Gasteiger partial charge in [-0.25, -0.2) is 4.39 Å². The molecule has 0 fully saturated rings. The molecule has 106 valence electrons. The van der Waals surface area contributed by atoms with Crippen molar-refractivity contribution in [3.63, 3.8) is 0 Å². The van der Waals surface area contributed by atoms with Gasteiger partial charge in [0.25, 0.3) is 0 Å². The second kappa shape index (κ2) is 6.47. The van der Waals surface area contributed by atoms with Crippen LogP contribution in [0.25, 0.3) is 0 Å². The molecular weight excluding hydrogens is 285 g/mol. The average Bonchev–Trinajstić information content (AvgIpc) is 2.40. The highest BCUT2D eigenvalue weighted by atomic mass is 35.5. The number of aryl methyl sites for hydroxylation is 1. The molecule has 5 nitrogen and oxygen atoms in total. The lowest BCUT2D eigenvalue weighted by Gasteiger charge is -2.07. The van der Waals surface area contributed by atoms with Gasteiger partial charge in [0.2, 0.25) is 5.28 Å². The number of aromatic nitrogens is 3. The number of ether oxygens (including phenoxy) is 2. The molecule has 2 rings (SSSR count). The lowest BCUT2D eigenvalue weighted by atomic mass is 10.2. The van der Waals surface area contributed by atoms with Crippen molar-refractivity contribution in [2.24, 2.45) is 0 Å². The molecule has 0 aliphatic heterocycles. The van der Waals surface area contributed by atoms with Gasteiger partial charge in [0.15, 0.2) is 0 Å². The third-order valence-corrected chi connectivity index (χ3v) is 2.51. The highest BCUT2D eigenvalue weighted by Crippen LogP contribution is 2.22. The van der Waals surface area contributed by atoms with Crippen LogP contribution in [0.15, 0.2) is 18.2 Å². The monoisotopic (exact) mass is 297 g/mol. The predicted molar refractivity (Wildman–Crippen MR) is 71.8 cm³/mol. The Labute approximate surface area is 120 Å². The first-order valence-corrected chi connectivity index (χ1v) is 6.44. The number of rotatable bonds is 5. The molecule has 1 aromatic heterocycles. The molecule has 0 saturated carbocycles. The molecule has 0 saturated heterocycles. The third-order valence-electron chi connectivity index (χ3n) is 2.34. The van der Waals surface area contributed by atoms with Gasteiger partial charge in [-0.15, -0.1) is 4.98 Å². The molecule has 0 amide bonds. The van der Waals surface area contributed by atoms with Crippen molar-refractivity contribution in [3.05, 3.63) is 34.9 Å². The van der Waals surface area contributed by atoms with Gasteiger partial charge < -0.3 is 9.47 Å². The van der Waals surface area contributed by atoms with Gasteiger partial charge in [-0.05, 0) is 48.7 Å². The van der Waals surface area contributed by atoms with Crippen molar-refractivity contribution in [3.8, 4) is 17.8 Å². The van der Waals surface area contributed by atoms with E-state index in [1.807, 2.05) is 6.92 Å². The maximum Gasteiger partial charge on any atom is 0.329 e. The van der Waals surface area contributed by atoms with E-state index in [2.05, 4.69) is 15.0 Å². The summed E-state index contributed by atoms with van der Waals surface area (Å²) < 4.78 is 23.9. The van der Waals surface area contributed by atoms with Gasteiger partial charge in [0.1, 0.15) is 11.6 Å². The van der Waals surface area contributed by atoms with Crippen LogP contribution in [0, 0.1) is 12.7 Å². The summed E-state index contributed by atoms with van der Waals surface area (Å²) in [6.45, 7) is 4.06. The van der Waals surface area contributed by atoms with Gasteiger partial charge in [-0.3, -0.25) is 0 Å².